The van der Waals surface area contributed by atoms with Crippen LogP contribution in [0.1, 0.15) is 12.2 Å². The van der Waals surface area contributed by atoms with Crippen LogP contribution in [0.4, 0.5) is 0 Å². The first-order valence-corrected chi connectivity index (χ1v) is 8.90. The van der Waals surface area contributed by atoms with Gasteiger partial charge in [-0.15, -0.1) is 0 Å². The number of hydrogen-bond acceptors (Lipinski definition) is 5. The SMILES string of the molecule is O=S1(=O)CCC(NCc2nc3ccccc3n2CCO)C1. The molecule has 1 atom stereocenters. The summed E-state index contributed by atoms with van der Waals surface area (Å²) >= 11 is 0. The number of nitrogens with zero attached hydrogens (tertiary/aromatic N) is 2. The number of rotatable bonds is 5. The average molecular weight is 309 g/mol. The van der Waals surface area contributed by atoms with Crippen molar-refractivity contribution < 1.29 is 13.5 Å². The second kappa shape index (κ2) is 5.75. The normalized spacial score (nSPS) is 21.1. The van der Waals surface area contributed by atoms with Gasteiger partial charge in [0.15, 0.2) is 9.84 Å². The van der Waals surface area contributed by atoms with Crippen LogP contribution in [0.3, 0.4) is 0 Å². The van der Waals surface area contributed by atoms with Gasteiger partial charge in [0.1, 0.15) is 5.82 Å². The van der Waals surface area contributed by atoms with Crippen LogP contribution >= 0.6 is 0 Å². The molecule has 1 aliphatic heterocycles. The first-order valence-electron chi connectivity index (χ1n) is 7.08. The summed E-state index contributed by atoms with van der Waals surface area (Å²) < 4.78 is 24.9. The summed E-state index contributed by atoms with van der Waals surface area (Å²) in [7, 11) is -2.87. The van der Waals surface area contributed by atoms with Gasteiger partial charge in [-0.3, -0.25) is 0 Å². The molecule has 1 aromatic heterocycles. The number of aliphatic hydroxyl groups is 1. The van der Waals surface area contributed by atoms with Crippen molar-refractivity contribution in [3.05, 3.63) is 30.1 Å². The summed E-state index contributed by atoms with van der Waals surface area (Å²) in [6.45, 7) is 1.04. The van der Waals surface area contributed by atoms with Crippen LogP contribution in [0.25, 0.3) is 11.0 Å². The first kappa shape index (κ1) is 14.5. The van der Waals surface area contributed by atoms with E-state index in [0.717, 1.165) is 16.9 Å². The minimum atomic E-state index is -2.87. The van der Waals surface area contributed by atoms with Gasteiger partial charge in [0, 0.05) is 12.6 Å². The summed E-state index contributed by atoms with van der Waals surface area (Å²) in [6, 6.07) is 7.78. The van der Waals surface area contributed by atoms with Gasteiger partial charge in [0.25, 0.3) is 0 Å². The van der Waals surface area contributed by atoms with Gasteiger partial charge in [-0.2, -0.15) is 0 Å². The van der Waals surface area contributed by atoms with Gasteiger partial charge in [-0.25, -0.2) is 13.4 Å². The molecule has 21 heavy (non-hydrogen) atoms. The zero-order valence-electron chi connectivity index (χ0n) is 11.7. The first-order chi connectivity index (χ1) is 10.1. The molecule has 1 aliphatic rings. The fourth-order valence-corrected chi connectivity index (χ4v) is 4.51. The molecule has 2 N–H and O–H groups in total. The van der Waals surface area contributed by atoms with Crippen molar-refractivity contribution in [3.63, 3.8) is 0 Å². The smallest absolute Gasteiger partial charge is 0.151 e. The number of nitrogens with one attached hydrogen (secondary N) is 1. The maximum atomic E-state index is 11.5. The second-order valence-electron chi connectivity index (χ2n) is 5.37. The van der Waals surface area contributed by atoms with Gasteiger partial charge in [-0.05, 0) is 18.6 Å². The number of imidazole rings is 1. The average Bonchev–Trinajstić information content (AvgIpc) is 2.98. The maximum Gasteiger partial charge on any atom is 0.151 e. The van der Waals surface area contributed by atoms with Crippen molar-refractivity contribution in [2.75, 3.05) is 18.1 Å². The van der Waals surface area contributed by atoms with Crippen molar-refractivity contribution in [1.29, 1.82) is 0 Å². The molecule has 1 fully saturated rings. The van der Waals surface area contributed by atoms with E-state index in [1.165, 1.54) is 0 Å². The Kier molecular flexibility index (Phi) is 3.97. The van der Waals surface area contributed by atoms with Crippen molar-refractivity contribution >= 4 is 20.9 Å². The molecule has 114 valence electrons. The van der Waals surface area contributed by atoms with Crippen molar-refractivity contribution in [1.82, 2.24) is 14.9 Å². The Bertz CT molecular complexity index is 739. The van der Waals surface area contributed by atoms with Crippen LogP contribution in [0.15, 0.2) is 24.3 Å². The summed E-state index contributed by atoms with van der Waals surface area (Å²) in [5.41, 5.74) is 1.88. The molecule has 3 rings (SSSR count). The molecular formula is C14H19N3O3S. The van der Waals surface area contributed by atoms with Crippen LogP contribution in [-0.4, -0.2) is 47.2 Å². The molecule has 0 bridgehead atoms. The van der Waals surface area contributed by atoms with E-state index in [2.05, 4.69) is 10.3 Å². The van der Waals surface area contributed by atoms with Crippen LogP contribution in [0, 0.1) is 0 Å². The summed E-state index contributed by atoms with van der Waals surface area (Å²) in [6.07, 6.45) is 0.655. The molecule has 6 nitrogen and oxygen atoms in total. The highest BCUT2D eigenvalue weighted by molar-refractivity contribution is 7.91. The Hall–Kier alpha value is -1.44. The van der Waals surface area contributed by atoms with Gasteiger partial charge < -0.3 is 15.0 Å². The molecule has 0 spiro atoms. The summed E-state index contributed by atoms with van der Waals surface area (Å²) in [5.74, 6) is 1.29. The van der Waals surface area contributed by atoms with E-state index in [1.807, 2.05) is 28.8 Å². The zero-order chi connectivity index (χ0) is 14.9. The van der Waals surface area contributed by atoms with E-state index in [4.69, 9.17) is 0 Å². The minimum absolute atomic E-state index is 0.00242. The Morgan fingerprint density at radius 3 is 2.90 bits per heavy atom. The number of hydrogen-bond donors (Lipinski definition) is 2. The van der Waals surface area contributed by atoms with Crippen LogP contribution in [0.5, 0.6) is 0 Å². The lowest BCUT2D eigenvalue weighted by atomic mass is 10.2. The highest BCUT2D eigenvalue weighted by atomic mass is 32.2. The van der Waals surface area contributed by atoms with E-state index >= 15 is 0 Å². The standard InChI is InChI=1S/C14H19N3O3S/c18-7-6-17-13-4-2-1-3-12(13)16-14(17)9-15-11-5-8-21(19,20)10-11/h1-4,11,15,18H,5-10H2. The lowest BCUT2D eigenvalue weighted by Crippen LogP contribution is -2.30. The Balaban J connectivity index is 1.78. The third kappa shape index (κ3) is 3.09. The predicted molar refractivity (Wildman–Crippen MR) is 80.7 cm³/mol. The Morgan fingerprint density at radius 1 is 1.38 bits per heavy atom. The van der Waals surface area contributed by atoms with E-state index in [0.29, 0.717) is 19.5 Å². The van der Waals surface area contributed by atoms with Gasteiger partial charge in [-0.1, -0.05) is 12.1 Å². The van der Waals surface area contributed by atoms with Crippen molar-refractivity contribution in [2.24, 2.45) is 0 Å². The topological polar surface area (TPSA) is 84.2 Å². The van der Waals surface area contributed by atoms with Crippen molar-refractivity contribution in [3.8, 4) is 0 Å². The van der Waals surface area contributed by atoms with Crippen LogP contribution < -0.4 is 5.32 Å². The van der Waals surface area contributed by atoms with E-state index < -0.39 is 9.84 Å². The van der Waals surface area contributed by atoms with Crippen molar-refractivity contribution in [2.45, 2.75) is 25.6 Å². The molecular weight excluding hydrogens is 290 g/mol. The number of para-hydroxylation sites is 2. The fraction of sp³-hybridized carbons (Fsp3) is 0.500. The number of aromatic nitrogens is 2. The molecule has 1 aromatic carbocycles. The monoisotopic (exact) mass is 309 g/mol. The predicted octanol–water partition coefficient (Wildman–Crippen LogP) is 0.305. The van der Waals surface area contributed by atoms with Gasteiger partial charge in [0.2, 0.25) is 0 Å². The van der Waals surface area contributed by atoms with E-state index in [-0.39, 0.29) is 24.2 Å². The number of benzene rings is 1. The molecule has 0 amide bonds. The third-order valence-electron chi connectivity index (χ3n) is 3.84. The highest BCUT2D eigenvalue weighted by Crippen LogP contribution is 2.17. The molecule has 0 radical (unpaired) electrons. The molecule has 2 heterocycles. The number of sulfone groups is 1. The lowest BCUT2D eigenvalue weighted by Gasteiger charge is -2.12. The largest absolute Gasteiger partial charge is 0.395 e. The Labute approximate surface area is 123 Å². The van der Waals surface area contributed by atoms with E-state index in [1.54, 1.807) is 0 Å². The van der Waals surface area contributed by atoms with Gasteiger partial charge in [0.05, 0.1) is 35.7 Å². The summed E-state index contributed by atoms with van der Waals surface area (Å²) in [5, 5.41) is 12.5. The highest BCUT2D eigenvalue weighted by Gasteiger charge is 2.27. The molecule has 0 saturated carbocycles. The zero-order valence-corrected chi connectivity index (χ0v) is 12.5. The lowest BCUT2D eigenvalue weighted by molar-refractivity contribution is 0.275. The number of aliphatic hydroxyl groups excluding tert-OH is 1. The molecule has 1 unspecified atom stereocenters. The molecule has 1 saturated heterocycles. The molecule has 2 aromatic rings. The fourth-order valence-electron chi connectivity index (χ4n) is 2.80. The molecule has 7 heteroatoms. The second-order valence-corrected chi connectivity index (χ2v) is 7.60. The number of fused-ring (bicyclic) bond motifs is 1. The maximum absolute atomic E-state index is 11.5. The van der Waals surface area contributed by atoms with Crippen LogP contribution in [-0.2, 0) is 22.9 Å². The summed E-state index contributed by atoms with van der Waals surface area (Å²) in [4.78, 5) is 4.57. The minimum Gasteiger partial charge on any atom is -0.395 e. The Morgan fingerprint density at radius 2 is 2.19 bits per heavy atom. The van der Waals surface area contributed by atoms with E-state index in [9.17, 15) is 13.5 Å². The third-order valence-corrected chi connectivity index (χ3v) is 5.61. The van der Waals surface area contributed by atoms with Crippen LogP contribution in [0.2, 0.25) is 0 Å². The van der Waals surface area contributed by atoms with Gasteiger partial charge >= 0.3 is 0 Å². The molecule has 0 aliphatic carbocycles. The quantitative estimate of drug-likeness (QED) is 0.830.